The highest BCUT2D eigenvalue weighted by Gasteiger charge is 2.20. The van der Waals surface area contributed by atoms with Crippen LogP contribution < -0.4 is 10.1 Å². The van der Waals surface area contributed by atoms with E-state index in [2.05, 4.69) is 10.3 Å². The fourth-order valence-corrected chi connectivity index (χ4v) is 3.79. The lowest BCUT2D eigenvalue weighted by molar-refractivity contribution is -0.384. The average molecular weight is 400 g/mol. The Balaban J connectivity index is 1.67. The third-order valence-electron chi connectivity index (χ3n) is 4.39. The maximum Gasteiger partial charge on any atom is 0.273 e. The van der Waals surface area contributed by atoms with Gasteiger partial charge in [-0.3, -0.25) is 19.8 Å². The van der Waals surface area contributed by atoms with Gasteiger partial charge in [-0.15, -0.1) is 11.3 Å². The number of nitrogens with zero attached hydrogens (tertiary/aromatic N) is 3. The van der Waals surface area contributed by atoms with Crippen LogP contribution in [0.4, 0.5) is 11.4 Å². The molecule has 28 heavy (non-hydrogen) atoms. The number of carbonyl (C=O) groups is 1. The van der Waals surface area contributed by atoms with Crippen LogP contribution in [0.5, 0.6) is 5.75 Å². The zero-order valence-corrected chi connectivity index (χ0v) is 16.5. The van der Waals surface area contributed by atoms with Crippen molar-refractivity contribution in [3.63, 3.8) is 0 Å². The molecule has 0 spiro atoms. The Hall–Kier alpha value is -3.04. The molecule has 146 valence electrons. The summed E-state index contributed by atoms with van der Waals surface area (Å²) in [6.45, 7) is 2.13. The first kappa shape index (κ1) is 19.7. The van der Waals surface area contributed by atoms with E-state index in [4.69, 9.17) is 4.74 Å². The summed E-state index contributed by atoms with van der Waals surface area (Å²) >= 11 is 1.61. The molecule has 0 bridgehead atoms. The average Bonchev–Trinajstić information content (AvgIpc) is 3.11. The minimum absolute atomic E-state index is 0.0399. The zero-order chi connectivity index (χ0) is 20.3. The first-order valence-electron chi connectivity index (χ1n) is 8.57. The molecule has 0 aliphatic heterocycles. The highest BCUT2D eigenvalue weighted by atomic mass is 32.1. The van der Waals surface area contributed by atoms with Gasteiger partial charge < -0.3 is 10.1 Å². The molecule has 3 aromatic rings. The number of thiazole rings is 1. The molecule has 1 aromatic heterocycles. The van der Waals surface area contributed by atoms with Gasteiger partial charge in [-0.2, -0.15) is 0 Å². The molecule has 1 amide bonds. The number of aromatic nitrogens is 1. The lowest BCUT2D eigenvalue weighted by Crippen LogP contribution is -2.32. The van der Waals surface area contributed by atoms with Crippen LogP contribution in [0.3, 0.4) is 0 Å². The summed E-state index contributed by atoms with van der Waals surface area (Å²) in [6.07, 6.45) is 0. The summed E-state index contributed by atoms with van der Waals surface area (Å²) in [7, 11) is 3.25. The number of rotatable bonds is 7. The third kappa shape index (κ3) is 4.26. The quantitative estimate of drug-likeness (QED) is 0.478. The van der Waals surface area contributed by atoms with Gasteiger partial charge in [0, 0.05) is 6.07 Å². The molecule has 0 fully saturated rings. The first-order valence-corrected chi connectivity index (χ1v) is 9.38. The maximum atomic E-state index is 12.5. The number of benzene rings is 2. The number of ether oxygens (including phenoxy) is 1. The molecule has 2 aromatic carbocycles. The van der Waals surface area contributed by atoms with Crippen molar-refractivity contribution in [2.24, 2.45) is 0 Å². The van der Waals surface area contributed by atoms with Gasteiger partial charge in [0.25, 0.3) is 5.69 Å². The van der Waals surface area contributed by atoms with E-state index in [1.54, 1.807) is 11.3 Å². The smallest absolute Gasteiger partial charge is 0.273 e. The highest BCUT2D eigenvalue weighted by Crippen LogP contribution is 2.30. The van der Waals surface area contributed by atoms with E-state index in [0.717, 1.165) is 15.2 Å². The second-order valence-corrected chi connectivity index (χ2v) is 7.36. The van der Waals surface area contributed by atoms with Crippen LogP contribution in [0.25, 0.3) is 10.2 Å². The number of nitro groups is 1. The number of hydrogen-bond donors (Lipinski definition) is 1. The minimum atomic E-state index is -0.512. The third-order valence-corrected chi connectivity index (χ3v) is 5.60. The first-order chi connectivity index (χ1) is 13.4. The number of non-ortho nitro benzene ring substituents is 1. The molecule has 0 aliphatic rings. The van der Waals surface area contributed by atoms with Crippen molar-refractivity contribution in [3.8, 4) is 5.75 Å². The summed E-state index contributed by atoms with van der Waals surface area (Å²) in [5.74, 6) is -0.00737. The van der Waals surface area contributed by atoms with Gasteiger partial charge in [0.2, 0.25) is 5.91 Å². The number of carbonyl (C=O) groups excluding carboxylic acids is 1. The van der Waals surface area contributed by atoms with E-state index in [1.165, 1.54) is 25.3 Å². The lowest BCUT2D eigenvalue weighted by atomic mass is 10.2. The number of nitro benzene ring substituents is 1. The van der Waals surface area contributed by atoms with Crippen molar-refractivity contribution < 1.29 is 14.5 Å². The normalized spacial score (nSPS) is 12.1. The molecule has 1 heterocycles. The van der Waals surface area contributed by atoms with Crippen LogP contribution in [0.15, 0.2) is 42.5 Å². The van der Waals surface area contributed by atoms with Crippen molar-refractivity contribution in [3.05, 3.63) is 57.6 Å². The molecule has 9 heteroatoms. The van der Waals surface area contributed by atoms with Crippen molar-refractivity contribution in [1.82, 2.24) is 9.88 Å². The maximum absolute atomic E-state index is 12.5. The molecule has 0 radical (unpaired) electrons. The number of fused-ring (bicyclic) bond motifs is 1. The Morgan fingerprint density at radius 1 is 1.36 bits per heavy atom. The largest absolute Gasteiger partial charge is 0.494 e. The van der Waals surface area contributed by atoms with E-state index in [-0.39, 0.29) is 29.9 Å². The van der Waals surface area contributed by atoms with Crippen molar-refractivity contribution in [2.45, 2.75) is 13.0 Å². The fourth-order valence-electron chi connectivity index (χ4n) is 2.71. The number of amides is 1. The molecule has 0 unspecified atom stereocenters. The zero-order valence-electron chi connectivity index (χ0n) is 15.7. The second-order valence-electron chi connectivity index (χ2n) is 6.30. The summed E-state index contributed by atoms with van der Waals surface area (Å²) in [6, 6.07) is 11.9. The van der Waals surface area contributed by atoms with Gasteiger partial charge in [-0.1, -0.05) is 12.1 Å². The van der Waals surface area contributed by atoms with Gasteiger partial charge in [0.15, 0.2) is 0 Å². The molecule has 0 saturated heterocycles. The highest BCUT2D eigenvalue weighted by molar-refractivity contribution is 7.18. The number of hydrogen-bond acceptors (Lipinski definition) is 7. The lowest BCUT2D eigenvalue weighted by Gasteiger charge is -2.22. The number of anilines is 1. The molecule has 3 rings (SSSR count). The number of para-hydroxylation sites is 1. The monoisotopic (exact) mass is 400 g/mol. The predicted octanol–water partition coefficient (Wildman–Crippen LogP) is 3.84. The van der Waals surface area contributed by atoms with Crippen LogP contribution in [-0.2, 0) is 4.79 Å². The van der Waals surface area contributed by atoms with E-state index in [0.29, 0.717) is 5.69 Å². The molecule has 0 saturated carbocycles. The summed E-state index contributed by atoms with van der Waals surface area (Å²) < 4.78 is 6.26. The van der Waals surface area contributed by atoms with Gasteiger partial charge in [0.05, 0.1) is 46.6 Å². The predicted molar refractivity (Wildman–Crippen MR) is 109 cm³/mol. The van der Waals surface area contributed by atoms with Crippen LogP contribution in [-0.4, -0.2) is 41.4 Å². The second kappa shape index (κ2) is 8.32. The minimum Gasteiger partial charge on any atom is -0.494 e. The SMILES string of the molecule is COc1cc([N+](=O)[O-])ccc1NC(=O)CN(C)[C@@H](C)c1nc2ccccc2s1. The molecular weight excluding hydrogens is 380 g/mol. The summed E-state index contributed by atoms with van der Waals surface area (Å²) in [5, 5.41) is 14.6. The van der Waals surface area contributed by atoms with Crippen LogP contribution in [0.1, 0.15) is 18.0 Å². The van der Waals surface area contributed by atoms with Crippen molar-refractivity contribution in [1.29, 1.82) is 0 Å². The van der Waals surface area contributed by atoms with Gasteiger partial charge in [-0.05, 0) is 32.2 Å². The summed E-state index contributed by atoms with van der Waals surface area (Å²) in [4.78, 5) is 29.4. The van der Waals surface area contributed by atoms with Crippen LogP contribution >= 0.6 is 11.3 Å². The molecule has 8 nitrogen and oxygen atoms in total. The van der Waals surface area contributed by atoms with Gasteiger partial charge in [-0.25, -0.2) is 4.98 Å². The Bertz CT molecular complexity index is 987. The van der Waals surface area contributed by atoms with E-state index < -0.39 is 4.92 Å². The van der Waals surface area contributed by atoms with Crippen LogP contribution in [0, 0.1) is 10.1 Å². The van der Waals surface area contributed by atoms with Crippen molar-refractivity contribution >= 4 is 38.8 Å². The number of nitrogens with one attached hydrogen (secondary N) is 1. The fraction of sp³-hybridized carbons (Fsp3) is 0.263. The Morgan fingerprint density at radius 2 is 2.11 bits per heavy atom. The molecular formula is C19H20N4O4S. The van der Waals surface area contributed by atoms with E-state index in [1.807, 2.05) is 43.1 Å². The Kier molecular flexibility index (Phi) is 5.86. The van der Waals surface area contributed by atoms with Gasteiger partial charge >= 0.3 is 0 Å². The topological polar surface area (TPSA) is 97.6 Å². The van der Waals surface area contributed by atoms with E-state index in [9.17, 15) is 14.9 Å². The molecule has 0 aliphatic carbocycles. The van der Waals surface area contributed by atoms with Crippen molar-refractivity contribution in [2.75, 3.05) is 26.0 Å². The number of methoxy groups -OCH3 is 1. The van der Waals surface area contributed by atoms with E-state index >= 15 is 0 Å². The summed E-state index contributed by atoms with van der Waals surface area (Å²) in [5.41, 5.74) is 1.23. The molecule has 1 atom stereocenters. The van der Waals surface area contributed by atoms with Crippen LogP contribution in [0.2, 0.25) is 0 Å². The van der Waals surface area contributed by atoms with Gasteiger partial charge in [0.1, 0.15) is 10.8 Å². The number of likely N-dealkylation sites (N-methyl/N-ethyl adjacent to an activating group) is 1. The molecule has 1 N–H and O–H groups in total. The standard InChI is InChI=1S/C19H20N4O4S/c1-12(19-21-15-6-4-5-7-17(15)28-19)22(2)11-18(24)20-14-9-8-13(23(25)26)10-16(14)27-3/h4-10,12H,11H2,1-3H3,(H,20,24)/t12-/m0/s1. The Labute approximate surface area is 165 Å². The Morgan fingerprint density at radius 3 is 2.79 bits per heavy atom.